The Balaban J connectivity index is 1.74. The number of carbonyl (C=O) groups is 1. The van der Waals surface area contributed by atoms with E-state index in [0.717, 1.165) is 32.5 Å². The van der Waals surface area contributed by atoms with Gasteiger partial charge in [0.25, 0.3) is 5.91 Å². The van der Waals surface area contributed by atoms with Crippen molar-refractivity contribution in [2.75, 3.05) is 5.32 Å². The summed E-state index contributed by atoms with van der Waals surface area (Å²) in [6.45, 7) is 3.98. The van der Waals surface area contributed by atoms with Crippen LogP contribution in [-0.4, -0.2) is 20.7 Å². The molecular formula is C23H19BrN4O. The number of nitrogens with zero attached hydrogens (tertiary/aromatic N) is 3. The van der Waals surface area contributed by atoms with Crippen molar-refractivity contribution in [3.8, 4) is 17.1 Å². The van der Waals surface area contributed by atoms with E-state index in [0.29, 0.717) is 5.82 Å². The normalized spacial score (nSPS) is 10.7. The predicted octanol–water partition coefficient (Wildman–Crippen LogP) is 5.57. The molecule has 0 saturated carbocycles. The second-order valence-corrected chi connectivity index (χ2v) is 7.70. The fourth-order valence-corrected chi connectivity index (χ4v) is 3.34. The first-order valence-electron chi connectivity index (χ1n) is 9.18. The van der Waals surface area contributed by atoms with Gasteiger partial charge in [0, 0.05) is 15.7 Å². The maximum Gasteiger partial charge on any atom is 0.295 e. The molecule has 0 aliphatic heterocycles. The second-order valence-electron chi connectivity index (χ2n) is 6.79. The van der Waals surface area contributed by atoms with E-state index in [4.69, 9.17) is 0 Å². The Morgan fingerprint density at radius 3 is 2.38 bits per heavy atom. The molecule has 0 unspecified atom stereocenters. The van der Waals surface area contributed by atoms with Crippen LogP contribution in [0.4, 0.5) is 5.69 Å². The van der Waals surface area contributed by atoms with Gasteiger partial charge in [-0.05, 0) is 49.7 Å². The molecule has 0 atom stereocenters. The molecule has 4 rings (SSSR count). The average molecular weight is 447 g/mol. The van der Waals surface area contributed by atoms with Crippen LogP contribution in [0.2, 0.25) is 0 Å². The summed E-state index contributed by atoms with van der Waals surface area (Å²) in [7, 11) is 0. The molecule has 1 N–H and O–H groups in total. The van der Waals surface area contributed by atoms with Gasteiger partial charge in [0.15, 0.2) is 5.82 Å². The maximum absolute atomic E-state index is 12.9. The van der Waals surface area contributed by atoms with E-state index < -0.39 is 0 Å². The first-order chi connectivity index (χ1) is 14.0. The first kappa shape index (κ1) is 19.1. The van der Waals surface area contributed by atoms with Crippen LogP contribution >= 0.6 is 15.9 Å². The molecule has 1 aromatic heterocycles. The van der Waals surface area contributed by atoms with Gasteiger partial charge in [0.05, 0.1) is 5.69 Å². The van der Waals surface area contributed by atoms with Crippen LogP contribution in [0.5, 0.6) is 0 Å². The minimum absolute atomic E-state index is 0.117. The molecule has 1 heterocycles. The van der Waals surface area contributed by atoms with Crippen LogP contribution in [0.3, 0.4) is 0 Å². The van der Waals surface area contributed by atoms with Crippen molar-refractivity contribution in [1.29, 1.82) is 0 Å². The molecule has 0 aliphatic carbocycles. The Kier molecular flexibility index (Phi) is 5.27. The van der Waals surface area contributed by atoms with Gasteiger partial charge < -0.3 is 5.32 Å². The lowest BCUT2D eigenvalue weighted by Crippen LogP contribution is -2.15. The second kappa shape index (κ2) is 8.01. The number of aromatic nitrogens is 3. The molecule has 0 saturated heterocycles. The Morgan fingerprint density at radius 2 is 1.69 bits per heavy atom. The molecule has 0 aliphatic rings. The number of aryl methyl sites for hydroxylation is 2. The highest BCUT2D eigenvalue weighted by Crippen LogP contribution is 2.23. The van der Waals surface area contributed by atoms with Gasteiger partial charge in [0.1, 0.15) is 0 Å². The summed E-state index contributed by atoms with van der Waals surface area (Å²) in [5, 5.41) is 7.43. The number of amides is 1. The van der Waals surface area contributed by atoms with Crippen LogP contribution in [-0.2, 0) is 0 Å². The Hall–Kier alpha value is -3.25. The highest BCUT2D eigenvalue weighted by molar-refractivity contribution is 9.10. The highest BCUT2D eigenvalue weighted by Gasteiger charge is 2.19. The third-order valence-corrected chi connectivity index (χ3v) is 5.07. The minimum Gasteiger partial charge on any atom is -0.319 e. The molecule has 0 fully saturated rings. The van der Waals surface area contributed by atoms with Crippen LogP contribution < -0.4 is 5.32 Å². The zero-order valence-electron chi connectivity index (χ0n) is 16.1. The molecule has 29 heavy (non-hydrogen) atoms. The number of carbonyl (C=O) groups excluding carboxylic acids is 1. The van der Waals surface area contributed by atoms with E-state index in [9.17, 15) is 4.79 Å². The van der Waals surface area contributed by atoms with Crippen molar-refractivity contribution in [3.63, 3.8) is 0 Å². The van der Waals surface area contributed by atoms with Gasteiger partial charge in [-0.1, -0.05) is 64.0 Å². The molecule has 0 radical (unpaired) electrons. The number of anilines is 1. The van der Waals surface area contributed by atoms with E-state index >= 15 is 0 Å². The number of hydrogen-bond acceptors (Lipinski definition) is 3. The summed E-state index contributed by atoms with van der Waals surface area (Å²) >= 11 is 3.45. The third kappa shape index (κ3) is 4.12. The molecule has 5 nitrogen and oxygen atoms in total. The average Bonchev–Trinajstić information content (AvgIpc) is 3.17. The molecular weight excluding hydrogens is 428 g/mol. The number of benzene rings is 3. The van der Waals surface area contributed by atoms with Crippen LogP contribution in [0, 0.1) is 13.8 Å². The topological polar surface area (TPSA) is 59.8 Å². The van der Waals surface area contributed by atoms with Crippen molar-refractivity contribution in [3.05, 3.63) is 94.2 Å². The van der Waals surface area contributed by atoms with Crippen molar-refractivity contribution in [2.24, 2.45) is 0 Å². The summed E-state index contributed by atoms with van der Waals surface area (Å²) in [4.78, 5) is 17.4. The quantitative estimate of drug-likeness (QED) is 0.445. The van der Waals surface area contributed by atoms with Crippen LogP contribution in [0.15, 0.2) is 77.3 Å². The van der Waals surface area contributed by atoms with Gasteiger partial charge >= 0.3 is 0 Å². The van der Waals surface area contributed by atoms with Gasteiger partial charge in [-0.25, -0.2) is 9.67 Å². The summed E-state index contributed by atoms with van der Waals surface area (Å²) in [6, 6.07) is 23.3. The fourth-order valence-electron chi connectivity index (χ4n) is 3.08. The van der Waals surface area contributed by atoms with Crippen molar-refractivity contribution in [1.82, 2.24) is 14.8 Å². The summed E-state index contributed by atoms with van der Waals surface area (Å²) < 4.78 is 2.66. The summed E-state index contributed by atoms with van der Waals surface area (Å²) in [5.74, 6) is 0.385. The molecule has 4 aromatic rings. The molecule has 0 bridgehead atoms. The van der Waals surface area contributed by atoms with Crippen molar-refractivity contribution in [2.45, 2.75) is 13.8 Å². The molecule has 144 valence electrons. The minimum atomic E-state index is -0.343. The summed E-state index contributed by atoms with van der Waals surface area (Å²) in [6.07, 6.45) is 0. The van der Waals surface area contributed by atoms with Gasteiger partial charge in [-0.3, -0.25) is 4.79 Å². The number of nitrogens with one attached hydrogen (secondary N) is 1. The lowest BCUT2D eigenvalue weighted by atomic mass is 10.1. The first-order valence-corrected chi connectivity index (χ1v) is 9.97. The van der Waals surface area contributed by atoms with Crippen molar-refractivity contribution >= 4 is 27.5 Å². The lowest BCUT2D eigenvalue weighted by molar-refractivity contribution is 0.101. The SMILES string of the molecule is Cc1ccc(NC(=O)c2nc(-c3ccccc3)n(-c3ccc(Br)cc3)n2)c(C)c1. The van der Waals surface area contributed by atoms with Crippen molar-refractivity contribution < 1.29 is 4.79 Å². The zero-order valence-corrected chi connectivity index (χ0v) is 17.6. The predicted molar refractivity (Wildman–Crippen MR) is 118 cm³/mol. The van der Waals surface area contributed by atoms with E-state index in [2.05, 4.69) is 31.3 Å². The smallest absolute Gasteiger partial charge is 0.295 e. The van der Waals surface area contributed by atoms with Gasteiger partial charge in [0.2, 0.25) is 5.82 Å². The Bertz CT molecular complexity index is 1170. The fraction of sp³-hybridized carbons (Fsp3) is 0.0870. The maximum atomic E-state index is 12.9. The Labute approximate surface area is 177 Å². The highest BCUT2D eigenvalue weighted by atomic mass is 79.9. The lowest BCUT2D eigenvalue weighted by Gasteiger charge is -2.07. The third-order valence-electron chi connectivity index (χ3n) is 4.54. The zero-order chi connectivity index (χ0) is 20.4. The van der Waals surface area contributed by atoms with E-state index in [1.807, 2.05) is 86.6 Å². The summed E-state index contributed by atoms with van der Waals surface area (Å²) in [5.41, 5.74) is 4.60. The standard InChI is InChI=1S/C23H19BrN4O/c1-15-8-13-20(16(2)14-15)25-23(29)21-26-22(17-6-4-3-5-7-17)28(27-21)19-11-9-18(24)10-12-19/h3-14H,1-2H3,(H,25,29). The van der Waals surface area contributed by atoms with Gasteiger partial charge in [-0.2, -0.15) is 0 Å². The van der Waals surface area contributed by atoms with Gasteiger partial charge in [-0.15, -0.1) is 5.10 Å². The van der Waals surface area contributed by atoms with E-state index in [1.54, 1.807) is 4.68 Å². The molecule has 1 amide bonds. The molecule has 6 heteroatoms. The monoisotopic (exact) mass is 446 g/mol. The van der Waals surface area contributed by atoms with E-state index in [-0.39, 0.29) is 11.7 Å². The number of rotatable bonds is 4. The van der Waals surface area contributed by atoms with E-state index in [1.165, 1.54) is 0 Å². The number of halogens is 1. The number of hydrogen-bond donors (Lipinski definition) is 1. The largest absolute Gasteiger partial charge is 0.319 e. The molecule has 0 spiro atoms. The van der Waals surface area contributed by atoms with Crippen LogP contribution in [0.25, 0.3) is 17.1 Å². The van der Waals surface area contributed by atoms with Crippen LogP contribution in [0.1, 0.15) is 21.7 Å². The molecule has 3 aromatic carbocycles. The Morgan fingerprint density at radius 1 is 0.966 bits per heavy atom.